The van der Waals surface area contributed by atoms with Crippen molar-refractivity contribution in [1.29, 1.82) is 0 Å². The van der Waals surface area contributed by atoms with Crippen molar-refractivity contribution in [2.24, 2.45) is 5.92 Å². The van der Waals surface area contributed by atoms with Gasteiger partial charge in [-0.3, -0.25) is 4.79 Å². The molecule has 1 atom stereocenters. The quantitative estimate of drug-likeness (QED) is 0.562. The van der Waals surface area contributed by atoms with Crippen LogP contribution in [0.3, 0.4) is 0 Å². The highest BCUT2D eigenvalue weighted by molar-refractivity contribution is 7.92. The molecule has 0 bridgehead atoms. The molecule has 2 amide bonds. The number of carboxylic acid groups (broad SMARTS) is 1. The average molecular weight is 508 g/mol. The largest absolute Gasteiger partial charge is 0.488 e. The van der Waals surface area contributed by atoms with Gasteiger partial charge in [-0.05, 0) is 11.5 Å². The van der Waals surface area contributed by atoms with Crippen LogP contribution in [-0.2, 0) is 28.0 Å². The van der Waals surface area contributed by atoms with Crippen LogP contribution in [0.4, 0.5) is 14.9 Å². The van der Waals surface area contributed by atoms with Gasteiger partial charge in [-0.2, -0.15) is 8.42 Å². The van der Waals surface area contributed by atoms with Crippen molar-refractivity contribution in [1.82, 2.24) is 9.62 Å². The van der Waals surface area contributed by atoms with Crippen LogP contribution < -0.4 is 18.5 Å². The summed E-state index contributed by atoms with van der Waals surface area (Å²) < 4.78 is 55.0. The molecule has 12 heteroatoms. The molecule has 0 aliphatic carbocycles. The van der Waals surface area contributed by atoms with E-state index in [4.69, 9.17) is 9.47 Å². The third-order valence-corrected chi connectivity index (χ3v) is 6.96. The first-order valence-corrected chi connectivity index (χ1v) is 12.5. The van der Waals surface area contributed by atoms with Gasteiger partial charge >= 0.3 is 16.3 Å². The SMILES string of the molecule is CC(C)CN(CC1Cc2c(cc(OCc3ccccc3)c(N3CC(=O)NS3(=O)=O)c2F)O1)C(=O)O. The molecule has 1 unspecified atom stereocenters. The van der Waals surface area contributed by atoms with Gasteiger partial charge in [-0.25, -0.2) is 18.2 Å². The number of nitrogens with zero attached hydrogens (tertiary/aromatic N) is 2. The summed E-state index contributed by atoms with van der Waals surface area (Å²) in [6.07, 6.45) is -1.75. The summed E-state index contributed by atoms with van der Waals surface area (Å²) >= 11 is 0. The van der Waals surface area contributed by atoms with Gasteiger partial charge in [-0.1, -0.05) is 44.2 Å². The molecule has 0 spiro atoms. The Balaban J connectivity index is 1.67. The summed E-state index contributed by atoms with van der Waals surface area (Å²) in [7, 11) is -4.30. The molecule has 10 nitrogen and oxygen atoms in total. The van der Waals surface area contributed by atoms with Crippen LogP contribution in [-0.4, -0.2) is 56.2 Å². The molecule has 2 aliphatic rings. The molecule has 35 heavy (non-hydrogen) atoms. The molecule has 1 fully saturated rings. The Labute approximate surface area is 202 Å². The Morgan fingerprint density at radius 1 is 1.34 bits per heavy atom. The van der Waals surface area contributed by atoms with E-state index in [0.29, 0.717) is 4.31 Å². The van der Waals surface area contributed by atoms with Crippen LogP contribution >= 0.6 is 0 Å². The van der Waals surface area contributed by atoms with E-state index in [1.165, 1.54) is 11.0 Å². The minimum Gasteiger partial charge on any atom is -0.488 e. The number of fused-ring (bicyclic) bond motifs is 1. The van der Waals surface area contributed by atoms with Crippen molar-refractivity contribution in [2.75, 3.05) is 23.9 Å². The second kappa shape index (κ2) is 9.61. The Bertz CT molecular complexity index is 1240. The molecule has 2 N–H and O–H groups in total. The number of ether oxygens (including phenoxy) is 2. The first-order valence-electron chi connectivity index (χ1n) is 11.0. The van der Waals surface area contributed by atoms with Crippen molar-refractivity contribution in [3.8, 4) is 11.5 Å². The fraction of sp³-hybridized carbons (Fsp3) is 0.391. The van der Waals surface area contributed by atoms with Gasteiger partial charge in [0.15, 0.2) is 11.6 Å². The van der Waals surface area contributed by atoms with E-state index >= 15 is 4.39 Å². The number of carbonyl (C=O) groups is 2. The van der Waals surface area contributed by atoms with Crippen LogP contribution in [0.2, 0.25) is 0 Å². The van der Waals surface area contributed by atoms with E-state index in [-0.39, 0.29) is 54.8 Å². The maximum atomic E-state index is 15.8. The molecular formula is C23H26FN3O7S. The number of hydrogen-bond acceptors (Lipinski definition) is 6. The van der Waals surface area contributed by atoms with E-state index in [1.807, 2.05) is 24.6 Å². The first-order chi connectivity index (χ1) is 16.5. The summed E-state index contributed by atoms with van der Waals surface area (Å²) in [6.45, 7) is 3.49. The van der Waals surface area contributed by atoms with E-state index in [1.54, 1.807) is 24.3 Å². The molecule has 0 aromatic heterocycles. The number of amides is 2. The predicted molar refractivity (Wildman–Crippen MR) is 124 cm³/mol. The first kappa shape index (κ1) is 24.6. The summed E-state index contributed by atoms with van der Waals surface area (Å²) in [6, 6.07) is 10.4. The van der Waals surface area contributed by atoms with Gasteiger partial charge in [0.05, 0.1) is 6.54 Å². The zero-order chi connectivity index (χ0) is 25.3. The molecule has 1 saturated heterocycles. The van der Waals surface area contributed by atoms with Crippen LogP contribution in [0.5, 0.6) is 11.5 Å². The number of anilines is 1. The van der Waals surface area contributed by atoms with E-state index < -0.39 is 40.7 Å². The molecule has 4 rings (SSSR count). The van der Waals surface area contributed by atoms with Gasteiger partial charge in [0, 0.05) is 24.6 Å². The molecule has 2 aromatic carbocycles. The lowest BCUT2D eigenvalue weighted by molar-refractivity contribution is -0.117. The lowest BCUT2D eigenvalue weighted by Crippen LogP contribution is -2.40. The van der Waals surface area contributed by atoms with E-state index in [0.717, 1.165) is 5.56 Å². The molecule has 0 radical (unpaired) electrons. The maximum Gasteiger partial charge on any atom is 0.407 e. The highest BCUT2D eigenvalue weighted by atomic mass is 32.2. The molecule has 188 valence electrons. The summed E-state index contributed by atoms with van der Waals surface area (Å²) in [5.74, 6) is -1.56. The van der Waals surface area contributed by atoms with Gasteiger partial charge in [0.1, 0.15) is 30.7 Å². The van der Waals surface area contributed by atoms with Crippen LogP contribution in [0.25, 0.3) is 0 Å². The summed E-state index contributed by atoms with van der Waals surface area (Å²) in [4.78, 5) is 24.7. The molecule has 0 saturated carbocycles. The lowest BCUT2D eigenvalue weighted by Gasteiger charge is -2.24. The van der Waals surface area contributed by atoms with Crippen molar-refractivity contribution in [2.45, 2.75) is 33.0 Å². The van der Waals surface area contributed by atoms with Crippen molar-refractivity contribution in [3.05, 3.63) is 53.3 Å². The van der Waals surface area contributed by atoms with Crippen molar-refractivity contribution < 1.29 is 37.0 Å². The minimum atomic E-state index is -4.30. The number of nitrogens with one attached hydrogen (secondary N) is 1. The smallest absolute Gasteiger partial charge is 0.407 e. The zero-order valence-electron chi connectivity index (χ0n) is 19.2. The summed E-state index contributed by atoms with van der Waals surface area (Å²) in [5.41, 5.74) is 0.475. The normalized spacial score (nSPS) is 18.2. The third kappa shape index (κ3) is 5.26. The topological polar surface area (TPSA) is 125 Å². The molecule has 2 aliphatic heterocycles. The second-order valence-corrected chi connectivity index (χ2v) is 10.4. The summed E-state index contributed by atoms with van der Waals surface area (Å²) in [5, 5.41) is 9.51. The van der Waals surface area contributed by atoms with Crippen LogP contribution in [0.15, 0.2) is 36.4 Å². The Morgan fingerprint density at radius 3 is 2.66 bits per heavy atom. The van der Waals surface area contributed by atoms with Gasteiger partial charge in [0.25, 0.3) is 5.91 Å². The highest BCUT2D eigenvalue weighted by Crippen LogP contribution is 2.44. The Morgan fingerprint density at radius 2 is 2.06 bits per heavy atom. The van der Waals surface area contributed by atoms with Gasteiger partial charge in [-0.15, -0.1) is 0 Å². The average Bonchev–Trinajstić information content (AvgIpc) is 3.30. The fourth-order valence-corrected chi connectivity index (χ4v) is 5.28. The van der Waals surface area contributed by atoms with Gasteiger partial charge in [0.2, 0.25) is 0 Å². The fourth-order valence-electron chi connectivity index (χ4n) is 4.12. The number of halogens is 1. The van der Waals surface area contributed by atoms with Gasteiger partial charge < -0.3 is 19.5 Å². The molecule has 2 heterocycles. The lowest BCUT2D eigenvalue weighted by atomic mass is 10.1. The van der Waals surface area contributed by atoms with Crippen LogP contribution in [0.1, 0.15) is 25.0 Å². The maximum absolute atomic E-state index is 15.8. The second-order valence-electron chi connectivity index (χ2n) is 8.85. The highest BCUT2D eigenvalue weighted by Gasteiger charge is 2.41. The standard InChI is InChI=1S/C23H26FN3O7S/c1-14(2)10-26(23(29)30)11-16-8-17-18(34-16)9-19(33-13-15-6-4-3-5-7-15)22(21(17)24)27-12-20(28)25-35(27,31)32/h3-7,9,14,16H,8,10-13H2,1-2H3,(H,25,28)(H,29,30). The molecule has 2 aromatic rings. The zero-order valence-corrected chi connectivity index (χ0v) is 20.0. The van der Waals surface area contributed by atoms with Crippen molar-refractivity contribution in [3.63, 3.8) is 0 Å². The van der Waals surface area contributed by atoms with Crippen LogP contribution in [0, 0.1) is 11.7 Å². The Kier molecular flexibility index (Phi) is 6.75. The third-order valence-electron chi connectivity index (χ3n) is 5.58. The number of carbonyl (C=O) groups excluding carboxylic acids is 1. The predicted octanol–water partition coefficient (Wildman–Crippen LogP) is 2.53. The Hall–Kier alpha value is -3.54. The number of benzene rings is 2. The molecular weight excluding hydrogens is 481 g/mol. The number of hydrogen-bond donors (Lipinski definition) is 2. The monoisotopic (exact) mass is 507 g/mol. The van der Waals surface area contributed by atoms with Crippen molar-refractivity contribution >= 4 is 27.9 Å². The number of rotatable bonds is 8. The van der Waals surface area contributed by atoms with E-state index in [2.05, 4.69) is 0 Å². The minimum absolute atomic E-state index is 0.0131. The van der Waals surface area contributed by atoms with E-state index in [9.17, 15) is 23.1 Å².